The lowest BCUT2D eigenvalue weighted by Gasteiger charge is -2.46. The zero-order valence-electron chi connectivity index (χ0n) is 22.6. The van der Waals surface area contributed by atoms with Gasteiger partial charge in [0.15, 0.2) is 0 Å². The molecule has 3 atom stereocenters. The molecule has 3 aliphatic rings. The minimum atomic E-state index is 0. The number of nitrogens with zero attached hydrogens (tertiary/aromatic N) is 3. The molecule has 0 spiro atoms. The second kappa shape index (κ2) is 15.1. The summed E-state index contributed by atoms with van der Waals surface area (Å²) in [6, 6.07) is 20.0. The van der Waals surface area contributed by atoms with Crippen LogP contribution in [-0.2, 0) is 22.6 Å². The molecule has 0 aromatic heterocycles. The maximum atomic E-state index is 12.8. The van der Waals surface area contributed by atoms with E-state index in [9.17, 15) is 4.79 Å². The van der Waals surface area contributed by atoms with Crippen LogP contribution in [0, 0.1) is 11.8 Å². The minimum absolute atomic E-state index is 0. The summed E-state index contributed by atoms with van der Waals surface area (Å²) >= 11 is 0. The maximum absolute atomic E-state index is 12.8. The molecule has 0 saturated carbocycles. The summed E-state index contributed by atoms with van der Waals surface area (Å²) in [5, 5.41) is 3.82. The molecule has 3 saturated heterocycles. The first-order valence-electron chi connectivity index (χ1n) is 13.8. The Hall–Kier alpha value is -1.83. The highest BCUT2D eigenvalue weighted by Crippen LogP contribution is 2.31. The Kier molecular flexibility index (Phi) is 12.2. The Balaban J connectivity index is 0.00000200. The highest BCUT2D eigenvalue weighted by atomic mass is 35.5. The van der Waals surface area contributed by atoms with Gasteiger partial charge < -0.3 is 19.9 Å². The van der Waals surface area contributed by atoms with Crippen molar-refractivity contribution < 1.29 is 9.53 Å². The topological polar surface area (TPSA) is 48.1 Å². The number of morpholine rings is 1. The van der Waals surface area contributed by atoms with Gasteiger partial charge in [-0.25, -0.2) is 0 Å². The van der Waals surface area contributed by atoms with Crippen molar-refractivity contribution in [1.29, 1.82) is 0 Å². The molecule has 38 heavy (non-hydrogen) atoms. The zero-order valence-corrected chi connectivity index (χ0v) is 24.2. The standard InChI is InChI=1S/C30H42N4O2.2ClH/c1-32(20-25-10-12-28(13-11-25)34-14-16-36-17-15-34)30(35)9-5-8-29-27-18-26(19-31-29)22-33(23-27)21-24-6-3-2-4-7-24;;/h2-4,6-7,10-13,26-27,29,31H,5,8-9,14-23H2,1H3;2*1H/t26-,27-,29+;;/m0../s1. The number of ether oxygens (including phenoxy) is 1. The Labute approximate surface area is 240 Å². The molecule has 6 nitrogen and oxygen atoms in total. The van der Waals surface area contributed by atoms with Crippen molar-refractivity contribution in [2.24, 2.45) is 11.8 Å². The van der Waals surface area contributed by atoms with Crippen LogP contribution in [0.1, 0.15) is 36.8 Å². The van der Waals surface area contributed by atoms with Crippen LogP contribution in [0.25, 0.3) is 0 Å². The number of piperidine rings is 2. The van der Waals surface area contributed by atoms with Gasteiger partial charge in [0.25, 0.3) is 0 Å². The first kappa shape index (κ1) is 30.7. The second-order valence-electron chi connectivity index (χ2n) is 11.0. The van der Waals surface area contributed by atoms with Gasteiger partial charge in [-0.3, -0.25) is 9.69 Å². The van der Waals surface area contributed by atoms with Gasteiger partial charge >= 0.3 is 0 Å². The number of carbonyl (C=O) groups is 1. The largest absolute Gasteiger partial charge is 0.378 e. The molecule has 1 N–H and O–H groups in total. The Bertz CT molecular complexity index is 972. The smallest absolute Gasteiger partial charge is 0.222 e. The SMILES string of the molecule is CN(Cc1ccc(N2CCOCC2)cc1)C(=O)CCC[C@H]1NC[C@@H]2C[C@H]1CN(Cc1ccccc1)C2.Cl.Cl. The normalized spacial score (nSPS) is 23.2. The zero-order chi connectivity index (χ0) is 24.7. The van der Waals surface area contributed by atoms with Crippen molar-refractivity contribution in [1.82, 2.24) is 15.1 Å². The third-order valence-electron chi connectivity index (χ3n) is 8.20. The number of anilines is 1. The summed E-state index contributed by atoms with van der Waals surface area (Å²) in [6.45, 7) is 8.67. The molecule has 3 heterocycles. The molecule has 0 radical (unpaired) electrons. The van der Waals surface area contributed by atoms with Crippen molar-refractivity contribution in [2.45, 2.75) is 44.8 Å². The van der Waals surface area contributed by atoms with Gasteiger partial charge in [-0.1, -0.05) is 42.5 Å². The van der Waals surface area contributed by atoms with Gasteiger partial charge in [0.1, 0.15) is 0 Å². The number of amides is 1. The van der Waals surface area contributed by atoms with Crippen LogP contribution in [0.4, 0.5) is 5.69 Å². The van der Waals surface area contributed by atoms with Crippen LogP contribution < -0.4 is 10.2 Å². The molecule has 3 fully saturated rings. The van der Waals surface area contributed by atoms with E-state index < -0.39 is 0 Å². The maximum Gasteiger partial charge on any atom is 0.222 e. The van der Waals surface area contributed by atoms with Gasteiger partial charge in [0.2, 0.25) is 5.91 Å². The summed E-state index contributed by atoms with van der Waals surface area (Å²) in [7, 11) is 1.93. The molecule has 210 valence electrons. The number of likely N-dealkylation sites (tertiary alicyclic amines) is 1. The lowest BCUT2D eigenvalue weighted by atomic mass is 9.79. The van der Waals surface area contributed by atoms with Crippen molar-refractivity contribution in [3.8, 4) is 0 Å². The fourth-order valence-corrected chi connectivity index (χ4v) is 6.24. The van der Waals surface area contributed by atoms with Crippen LogP contribution in [0.15, 0.2) is 54.6 Å². The molecule has 2 aromatic carbocycles. The van der Waals surface area contributed by atoms with Crippen LogP contribution in [0.2, 0.25) is 0 Å². The van der Waals surface area contributed by atoms with Gasteiger partial charge in [0, 0.05) is 64.5 Å². The first-order chi connectivity index (χ1) is 17.6. The van der Waals surface area contributed by atoms with E-state index in [-0.39, 0.29) is 30.7 Å². The number of hydrogen-bond acceptors (Lipinski definition) is 5. The van der Waals surface area contributed by atoms with Crippen molar-refractivity contribution in [2.75, 3.05) is 57.9 Å². The van der Waals surface area contributed by atoms with Gasteiger partial charge in [-0.2, -0.15) is 0 Å². The van der Waals surface area contributed by atoms with E-state index in [4.69, 9.17) is 4.74 Å². The van der Waals surface area contributed by atoms with Crippen molar-refractivity contribution in [3.63, 3.8) is 0 Å². The van der Waals surface area contributed by atoms with Crippen LogP contribution in [-0.4, -0.2) is 74.7 Å². The molecule has 0 aliphatic carbocycles. The third-order valence-corrected chi connectivity index (χ3v) is 8.20. The Morgan fingerprint density at radius 2 is 1.74 bits per heavy atom. The van der Waals surface area contributed by atoms with Crippen LogP contribution in [0.3, 0.4) is 0 Å². The number of rotatable bonds is 9. The van der Waals surface area contributed by atoms with Gasteiger partial charge in [-0.15, -0.1) is 24.8 Å². The lowest BCUT2D eigenvalue weighted by molar-refractivity contribution is -0.130. The molecule has 2 aromatic rings. The van der Waals surface area contributed by atoms with E-state index in [0.717, 1.165) is 64.7 Å². The number of benzene rings is 2. The minimum Gasteiger partial charge on any atom is -0.378 e. The molecular weight excluding hydrogens is 519 g/mol. The van der Waals surface area contributed by atoms with E-state index in [1.165, 1.54) is 29.8 Å². The third kappa shape index (κ3) is 8.33. The lowest BCUT2D eigenvalue weighted by Crippen LogP contribution is -2.55. The number of carbonyl (C=O) groups excluding carboxylic acids is 1. The highest BCUT2D eigenvalue weighted by molar-refractivity contribution is 5.85. The number of nitrogens with one attached hydrogen (secondary N) is 1. The van der Waals surface area contributed by atoms with E-state index in [1.807, 2.05) is 11.9 Å². The second-order valence-corrected chi connectivity index (χ2v) is 11.0. The molecule has 3 aliphatic heterocycles. The number of fused-ring (bicyclic) bond motifs is 2. The predicted octanol–water partition coefficient (Wildman–Crippen LogP) is 4.61. The van der Waals surface area contributed by atoms with Gasteiger partial charge in [-0.05, 0) is 60.9 Å². The van der Waals surface area contributed by atoms with Gasteiger partial charge in [0.05, 0.1) is 13.2 Å². The molecule has 2 bridgehead atoms. The van der Waals surface area contributed by atoms with Crippen molar-refractivity contribution in [3.05, 3.63) is 65.7 Å². The fraction of sp³-hybridized carbons (Fsp3) is 0.567. The Morgan fingerprint density at radius 3 is 2.47 bits per heavy atom. The van der Waals surface area contributed by atoms with E-state index in [1.54, 1.807) is 0 Å². The van der Waals surface area contributed by atoms with E-state index >= 15 is 0 Å². The summed E-state index contributed by atoms with van der Waals surface area (Å²) in [5.41, 5.74) is 3.83. The number of hydrogen-bond donors (Lipinski definition) is 1. The van der Waals surface area contributed by atoms with E-state index in [2.05, 4.69) is 69.7 Å². The summed E-state index contributed by atoms with van der Waals surface area (Å²) in [4.78, 5) is 19.7. The summed E-state index contributed by atoms with van der Waals surface area (Å²) in [6.07, 6.45) is 4.00. The highest BCUT2D eigenvalue weighted by Gasteiger charge is 2.36. The molecular formula is C30H44Cl2N4O2. The monoisotopic (exact) mass is 562 g/mol. The Morgan fingerprint density at radius 1 is 1.00 bits per heavy atom. The molecule has 8 heteroatoms. The summed E-state index contributed by atoms with van der Waals surface area (Å²) in [5.74, 6) is 1.69. The number of halogens is 2. The molecule has 1 amide bonds. The van der Waals surface area contributed by atoms with E-state index in [0.29, 0.717) is 24.9 Å². The average Bonchev–Trinajstić information content (AvgIpc) is 2.91. The predicted molar refractivity (Wildman–Crippen MR) is 159 cm³/mol. The quantitative estimate of drug-likeness (QED) is 0.483. The summed E-state index contributed by atoms with van der Waals surface area (Å²) < 4.78 is 5.45. The first-order valence-corrected chi connectivity index (χ1v) is 13.8. The average molecular weight is 564 g/mol. The van der Waals surface area contributed by atoms with Crippen LogP contribution in [0.5, 0.6) is 0 Å². The van der Waals surface area contributed by atoms with Crippen LogP contribution >= 0.6 is 24.8 Å². The molecule has 0 unspecified atom stereocenters. The fourth-order valence-electron chi connectivity index (χ4n) is 6.24. The van der Waals surface area contributed by atoms with Crippen molar-refractivity contribution >= 4 is 36.4 Å². The molecule has 5 rings (SSSR count).